The van der Waals surface area contributed by atoms with E-state index in [1.54, 1.807) is 12.1 Å². The molecule has 0 bridgehead atoms. The molecule has 0 spiro atoms. The minimum absolute atomic E-state index is 0.141. The Hall–Kier alpha value is -2.26. The Labute approximate surface area is 139 Å². The van der Waals surface area contributed by atoms with Crippen molar-refractivity contribution in [2.24, 2.45) is 10.2 Å². The van der Waals surface area contributed by atoms with E-state index in [4.69, 9.17) is 26.2 Å². The average Bonchev–Trinajstić information content (AvgIpc) is 3.05. The molecule has 2 aliphatic rings. The van der Waals surface area contributed by atoms with E-state index in [9.17, 15) is 9.59 Å². The molecule has 120 valence electrons. The number of nitrogens with one attached hydrogen (secondary N) is 1. The Morgan fingerprint density at radius 1 is 1.48 bits per heavy atom. The number of benzene rings is 1. The van der Waals surface area contributed by atoms with Crippen molar-refractivity contribution in [3.8, 4) is 11.5 Å². The largest absolute Gasteiger partial charge is 0.481 e. The molecule has 2 N–H and O–H groups in total. The number of amidine groups is 1. The topological polar surface area (TPSA) is 110 Å². The van der Waals surface area contributed by atoms with E-state index < -0.39 is 17.1 Å². The normalized spacial score (nSPS) is 21.2. The van der Waals surface area contributed by atoms with Crippen LogP contribution in [0.25, 0.3) is 0 Å². The highest BCUT2D eigenvalue weighted by molar-refractivity contribution is 8.15. The Balaban J connectivity index is 1.70. The van der Waals surface area contributed by atoms with E-state index in [0.717, 1.165) is 11.8 Å². The molecule has 1 aromatic carbocycles. The summed E-state index contributed by atoms with van der Waals surface area (Å²) >= 11 is 7.12. The van der Waals surface area contributed by atoms with Gasteiger partial charge in [0, 0.05) is 11.6 Å². The van der Waals surface area contributed by atoms with Gasteiger partial charge in [0.1, 0.15) is 5.25 Å². The summed E-state index contributed by atoms with van der Waals surface area (Å²) in [6, 6.07) is 3.29. The molecule has 8 nitrogen and oxygen atoms in total. The van der Waals surface area contributed by atoms with Crippen LogP contribution in [0.1, 0.15) is 12.0 Å². The van der Waals surface area contributed by atoms with E-state index in [1.807, 2.05) is 0 Å². The number of nitrogens with zero attached hydrogens (tertiary/aromatic N) is 2. The minimum atomic E-state index is -1.05. The summed E-state index contributed by atoms with van der Waals surface area (Å²) in [5.41, 5.74) is 0.580. The molecule has 1 aromatic rings. The van der Waals surface area contributed by atoms with Crippen LogP contribution in [-0.4, -0.2) is 40.4 Å². The summed E-state index contributed by atoms with van der Waals surface area (Å²) in [5.74, 6) is -0.316. The van der Waals surface area contributed by atoms with Crippen LogP contribution in [0.2, 0.25) is 5.02 Å². The second kappa shape index (κ2) is 6.47. The van der Waals surface area contributed by atoms with E-state index in [0.29, 0.717) is 22.1 Å². The van der Waals surface area contributed by atoms with E-state index >= 15 is 0 Å². The molecule has 1 atom stereocenters. The first-order valence-corrected chi connectivity index (χ1v) is 7.68. The lowest BCUT2D eigenvalue weighted by Gasteiger charge is -2.00. The number of hydrogen-bond donors (Lipinski definition) is 2. The van der Waals surface area contributed by atoms with Crippen molar-refractivity contribution < 1.29 is 24.2 Å². The summed E-state index contributed by atoms with van der Waals surface area (Å²) in [5, 5.41) is 18.9. The van der Waals surface area contributed by atoms with Crippen LogP contribution in [0.3, 0.4) is 0 Å². The third kappa shape index (κ3) is 3.57. The summed E-state index contributed by atoms with van der Waals surface area (Å²) in [6.07, 6.45) is 1.14. The van der Waals surface area contributed by atoms with Crippen molar-refractivity contribution in [3.63, 3.8) is 0 Å². The number of carboxylic acid groups (broad SMARTS) is 1. The average molecular weight is 356 g/mol. The minimum Gasteiger partial charge on any atom is -0.481 e. The molecule has 2 aliphatic heterocycles. The Kier molecular flexibility index (Phi) is 4.39. The lowest BCUT2D eigenvalue weighted by atomic mass is 10.2. The molecule has 1 fully saturated rings. The Bertz CT molecular complexity index is 737. The molecule has 0 aliphatic carbocycles. The first-order chi connectivity index (χ1) is 11.0. The van der Waals surface area contributed by atoms with Gasteiger partial charge < -0.3 is 19.9 Å². The second-order valence-corrected chi connectivity index (χ2v) is 6.17. The molecule has 3 rings (SSSR count). The SMILES string of the molecule is O=C(O)CC1SC(=NN=Cc2cc3c(cc2Cl)OCO3)NC1=O. The van der Waals surface area contributed by atoms with Gasteiger partial charge in [0.25, 0.3) is 0 Å². The van der Waals surface area contributed by atoms with Crippen molar-refractivity contribution >= 4 is 46.6 Å². The maximum atomic E-state index is 11.6. The molecule has 10 heteroatoms. The zero-order valence-corrected chi connectivity index (χ0v) is 13.1. The van der Waals surface area contributed by atoms with Gasteiger partial charge in [-0.1, -0.05) is 23.4 Å². The van der Waals surface area contributed by atoms with Crippen LogP contribution in [0.4, 0.5) is 0 Å². The number of carboxylic acids is 1. The standard InChI is InChI=1S/C13H10ClN3O5S/c14-7-2-9-8(21-5-22-9)1-6(7)4-15-17-13-16-12(20)10(23-13)3-11(18)19/h1-2,4,10H,3,5H2,(H,18,19)(H,16,17,20). The molecule has 1 saturated heterocycles. The van der Waals surface area contributed by atoms with Crippen LogP contribution in [-0.2, 0) is 9.59 Å². The molecule has 1 unspecified atom stereocenters. The first kappa shape index (κ1) is 15.6. The van der Waals surface area contributed by atoms with Gasteiger partial charge in [-0.15, -0.1) is 5.10 Å². The van der Waals surface area contributed by atoms with Crippen LogP contribution in [0.15, 0.2) is 22.3 Å². The zero-order valence-electron chi connectivity index (χ0n) is 11.5. The number of aliphatic carboxylic acids is 1. The van der Waals surface area contributed by atoms with Gasteiger partial charge in [-0.05, 0) is 6.07 Å². The number of hydrogen-bond acceptors (Lipinski definition) is 7. The van der Waals surface area contributed by atoms with Gasteiger partial charge in [0.15, 0.2) is 16.7 Å². The Morgan fingerprint density at radius 2 is 2.22 bits per heavy atom. The maximum absolute atomic E-state index is 11.6. The second-order valence-electron chi connectivity index (χ2n) is 4.57. The number of fused-ring (bicyclic) bond motifs is 1. The zero-order chi connectivity index (χ0) is 16.4. The predicted molar refractivity (Wildman–Crippen MR) is 84.4 cm³/mol. The van der Waals surface area contributed by atoms with E-state index in [2.05, 4.69) is 15.5 Å². The van der Waals surface area contributed by atoms with Crippen LogP contribution in [0, 0.1) is 0 Å². The number of ether oxygens (including phenoxy) is 2. The van der Waals surface area contributed by atoms with Crippen LogP contribution >= 0.6 is 23.4 Å². The molecule has 0 aromatic heterocycles. The quantitative estimate of drug-likeness (QED) is 0.625. The number of halogens is 1. The molecule has 0 saturated carbocycles. The van der Waals surface area contributed by atoms with Gasteiger partial charge in [-0.3, -0.25) is 9.59 Å². The van der Waals surface area contributed by atoms with E-state index in [-0.39, 0.29) is 18.4 Å². The highest BCUT2D eigenvalue weighted by atomic mass is 35.5. The Morgan fingerprint density at radius 3 is 2.96 bits per heavy atom. The number of thioether (sulfide) groups is 1. The third-order valence-corrected chi connectivity index (χ3v) is 4.37. The van der Waals surface area contributed by atoms with Gasteiger partial charge in [0.2, 0.25) is 12.7 Å². The predicted octanol–water partition coefficient (Wildman–Crippen LogP) is 1.46. The van der Waals surface area contributed by atoms with Crippen molar-refractivity contribution in [2.45, 2.75) is 11.7 Å². The first-order valence-electron chi connectivity index (χ1n) is 6.42. The van der Waals surface area contributed by atoms with Gasteiger partial charge in [-0.2, -0.15) is 5.10 Å². The summed E-state index contributed by atoms with van der Waals surface area (Å²) in [6.45, 7) is 0.141. The number of rotatable bonds is 4. The van der Waals surface area contributed by atoms with Crippen LogP contribution in [0.5, 0.6) is 11.5 Å². The number of carbonyl (C=O) groups is 2. The molecule has 2 heterocycles. The summed E-state index contributed by atoms with van der Waals surface area (Å²) in [4.78, 5) is 22.2. The smallest absolute Gasteiger partial charge is 0.305 e. The van der Waals surface area contributed by atoms with Crippen molar-refractivity contribution in [1.82, 2.24) is 5.32 Å². The number of amides is 1. The van der Waals surface area contributed by atoms with Crippen molar-refractivity contribution in [3.05, 3.63) is 22.7 Å². The van der Waals surface area contributed by atoms with Gasteiger partial charge in [-0.25, -0.2) is 0 Å². The van der Waals surface area contributed by atoms with Gasteiger partial charge >= 0.3 is 5.97 Å². The van der Waals surface area contributed by atoms with Gasteiger partial charge in [0.05, 0.1) is 17.7 Å². The monoisotopic (exact) mass is 355 g/mol. The number of carbonyl (C=O) groups excluding carboxylic acids is 1. The highest BCUT2D eigenvalue weighted by Gasteiger charge is 2.32. The van der Waals surface area contributed by atoms with Crippen LogP contribution < -0.4 is 14.8 Å². The molecule has 23 heavy (non-hydrogen) atoms. The summed E-state index contributed by atoms with van der Waals surface area (Å²) < 4.78 is 10.4. The lowest BCUT2D eigenvalue weighted by molar-refractivity contribution is -0.138. The fraction of sp³-hybridized carbons (Fsp3) is 0.231. The molecular weight excluding hydrogens is 346 g/mol. The highest BCUT2D eigenvalue weighted by Crippen LogP contribution is 2.36. The van der Waals surface area contributed by atoms with E-state index in [1.165, 1.54) is 6.21 Å². The summed E-state index contributed by atoms with van der Waals surface area (Å²) in [7, 11) is 0. The van der Waals surface area contributed by atoms with Crippen molar-refractivity contribution in [2.75, 3.05) is 6.79 Å². The fourth-order valence-corrected chi connectivity index (χ4v) is 3.04. The molecule has 1 amide bonds. The molecular formula is C13H10ClN3O5S. The third-order valence-electron chi connectivity index (χ3n) is 2.97. The lowest BCUT2D eigenvalue weighted by Crippen LogP contribution is -2.26. The molecule has 0 radical (unpaired) electrons. The van der Waals surface area contributed by atoms with Crippen molar-refractivity contribution in [1.29, 1.82) is 0 Å². The fourth-order valence-electron chi connectivity index (χ4n) is 1.92. The maximum Gasteiger partial charge on any atom is 0.305 e.